The molecule has 0 saturated heterocycles. The van der Waals surface area contributed by atoms with Crippen LogP contribution in [0.15, 0.2) is 36.7 Å². The number of ether oxygens (including phenoxy) is 1. The largest absolute Gasteiger partial charge is 0.491 e. The van der Waals surface area contributed by atoms with E-state index in [-0.39, 0.29) is 16.7 Å². The van der Waals surface area contributed by atoms with E-state index in [4.69, 9.17) is 4.74 Å². The van der Waals surface area contributed by atoms with Gasteiger partial charge >= 0.3 is 0 Å². The lowest BCUT2D eigenvalue weighted by molar-refractivity contribution is -0.385. The Balaban J connectivity index is 2.60. The SMILES string of the molecule is Cc1c(-c2ccncc2)cc(OC(C)C)cc1[N+](=O)[O-]. The average molecular weight is 272 g/mol. The fraction of sp³-hybridized carbons (Fsp3) is 0.267. The van der Waals surface area contributed by atoms with E-state index in [1.54, 1.807) is 19.3 Å². The van der Waals surface area contributed by atoms with E-state index in [0.717, 1.165) is 11.1 Å². The van der Waals surface area contributed by atoms with Crippen LogP contribution in [-0.2, 0) is 0 Å². The summed E-state index contributed by atoms with van der Waals surface area (Å²) in [4.78, 5) is 14.8. The minimum Gasteiger partial charge on any atom is -0.491 e. The van der Waals surface area contributed by atoms with Gasteiger partial charge in [-0.3, -0.25) is 15.1 Å². The van der Waals surface area contributed by atoms with E-state index in [1.165, 1.54) is 6.07 Å². The first-order valence-corrected chi connectivity index (χ1v) is 6.35. The highest BCUT2D eigenvalue weighted by Gasteiger charge is 2.18. The van der Waals surface area contributed by atoms with Crippen LogP contribution in [0.2, 0.25) is 0 Å². The monoisotopic (exact) mass is 272 g/mol. The van der Waals surface area contributed by atoms with Gasteiger partial charge in [-0.15, -0.1) is 0 Å². The molecule has 0 spiro atoms. The summed E-state index contributed by atoms with van der Waals surface area (Å²) in [5.74, 6) is 0.504. The van der Waals surface area contributed by atoms with Crippen molar-refractivity contribution in [2.75, 3.05) is 0 Å². The average Bonchev–Trinajstić information content (AvgIpc) is 2.40. The third-order valence-corrected chi connectivity index (χ3v) is 2.91. The van der Waals surface area contributed by atoms with Crippen LogP contribution in [0.4, 0.5) is 5.69 Å². The molecule has 0 aliphatic heterocycles. The molecule has 0 aliphatic carbocycles. The Morgan fingerprint density at radius 3 is 2.45 bits per heavy atom. The molecule has 104 valence electrons. The first kappa shape index (κ1) is 14.0. The fourth-order valence-electron chi connectivity index (χ4n) is 2.03. The van der Waals surface area contributed by atoms with Gasteiger partial charge in [0, 0.05) is 18.0 Å². The predicted octanol–water partition coefficient (Wildman–Crippen LogP) is 3.75. The van der Waals surface area contributed by atoms with Gasteiger partial charge in [-0.05, 0) is 50.1 Å². The quantitative estimate of drug-likeness (QED) is 0.628. The number of nitro groups is 1. The minimum atomic E-state index is -0.382. The van der Waals surface area contributed by atoms with Crippen LogP contribution in [0.3, 0.4) is 0 Å². The van der Waals surface area contributed by atoms with Crippen molar-refractivity contribution in [1.29, 1.82) is 0 Å². The van der Waals surface area contributed by atoms with Crippen LogP contribution in [-0.4, -0.2) is 16.0 Å². The summed E-state index contributed by atoms with van der Waals surface area (Å²) in [6.07, 6.45) is 3.29. The van der Waals surface area contributed by atoms with Gasteiger partial charge in [0.15, 0.2) is 0 Å². The second kappa shape index (κ2) is 5.69. The Kier molecular flexibility index (Phi) is 3.98. The van der Waals surface area contributed by atoms with Crippen molar-refractivity contribution in [2.24, 2.45) is 0 Å². The Hall–Kier alpha value is -2.43. The molecule has 2 aromatic rings. The van der Waals surface area contributed by atoms with Crippen LogP contribution in [0.5, 0.6) is 5.75 Å². The maximum absolute atomic E-state index is 11.2. The molecule has 1 aromatic carbocycles. The maximum Gasteiger partial charge on any atom is 0.276 e. The van der Waals surface area contributed by atoms with Crippen LogP contribution < -0.4 is 4.74 Å². The molecule has 20 heavy (non-hydrogen) atoms. The van der Waals surface area contributed by atoms with Crippen molar-refractivity contribution in [1.82, 2.24) is 4.98 Å². The summed E-state index contributed by atoms with van der Waals surface area (Å²) < 4.78 is 5.60. The Bertz CT molecular complexity index is 625. The number of hydrogen-bond acceptors (Lipinski definition) is 4. The third-order valence-electron chi connectivity index (χ3n) is 2.91. The normalized spacial score (nSPS) is 10.6. The molecule has 1 aromatic heterocycles. The van der Waals surface area contributed by atoms with Gasteiger partial charge < -0.3 is 4.74 Å². The molecule has 5 heteroatoms. The van der Waals surface area contributed by atoms with E-state index < -0.39 is 0 Å². The molecule has 0 bridgehead atoms. The molecule has 0 saturated carbocycles. The minimum absolute atomic E-state index is 0.0393. The highest BCUT2D eigenvalue weighted by molar-refractivity contribution is 5.73. The highest BCUT2D eigenvalue weighted by Crippen LogP contribution is 2.34. The zero-order valence-electron chi connectivity index (χ0n) is 11.7. The standard InChI is InChI=1S/C15H16N2O3/c1-10(2)20-13-8-14(12-4-6-16-7-5-12)11(3)15(9-13)17(18)19/h4-10H,1-3H3. The van der Waals surface area contributed by atoms with Crippen molar-refractivity contribution >= 4 is 5.69 Å². The number of pyridine rings is 1. The Labute approximate surface area is 117 Å². The van der Waals surface area contributed by atoms with Gasteiger partial charge in [-0.25, -0.2) is 0 Å². The number of benzene rings is 1. The van der Waals surface area contributed by atoms with Crippen molar-refractivity contribution < 1.29 is 9.66 Å². The number of nitrogens with zero attached hydrogens (tertiary/aromatic N) is 2. The molecule has 0 fully saturated rings. The third kappa shape index (κ3) is 2.93. The van der Waals surface area contributed by atoms with Crippen molar-refractivity contribution in [2.45, 2.75) is 26.9 Å². The number of hydrogen-bond donors (Lipinski definition) is 0. The molecule has 0 unspecified atom stereocenters. The highest BCUT2D eigenvalue weighted by atomic mass is 16.6. The topological polar surface area (TPSA) is 65.3 Å². The van der Waals surface area contributed by atoms with Crippen LogP contribution >= 0.6 is 0 Å². The first-order chi connectivity index (χ1) is 9.49. The zero-order chi connectivity index (χ0) is 14.7. The molecule has 2 rings (SSSR count). The lowest BCUT2D eigenvalue weighted by Crippen LogP contribution is -2.06. The summed E-state index contributed by atoms with van der Waals surface area (Å²) in [7, 11) is 0. The van der Waals surface area contributed by atoms with Gasteiger partial charge in [0.25, 0.3) is 5.69 Å². The van der Waals surface area contributed by atoms with Crippen molar-refractivity contribution in [3.8, 4) is 16.9 Å². The van der Waals surface area contributed by atoms with Crippen LogP contribution in [0, 0.1) is 17.0 Å². The van der Waals surface area contributed by atoms with Crippen LogP contribution in [0.1, 0.15) is 19.4 Å². The lowest BCUT2D eigenvalue weighted by atomic mass is 9.99. The summed E-state index contributed by atoms with van der Waals surface area (Å²) >= 11 is 0. The first-order valence-electron chi connectivity index (χ1n) is 6.35. The van der Waals surface area contributed by atoms with Gasteiger partial charge in [0.1, 0.15) is 5.75 Å². The Morgan fingerprint density at radius 2 is 1.90 bits per heavy atom. The van der Waals surface area contributed by atoms with E-state index in [9.17, 15) is 10.1 Å². The second-order valence-corrected chi connectivity index (χ2v) is 4.77. The Morgan fingerprint density at radius 1 is 1.25 bits per heavy atom. The molecular weight excluding hydrogens is 256 g/mol. The van der Waals surface area contributed by atoms with E-state index in [1.807, 2.05) is 32.0 Å². The number of aromatic nitrogens is 1. The van der Waals surface area contributed by atoms with E-state index in [2.05, 4.69) is 4.98 Å². The fourth-order valence-corrected chi connectivity index (χ4v) is 2.03. The summed E-state index contributed by atoms with van der Waals surface area (Å²) in [6, 6.07) is 6.95. The van der Waals surface area contributed by atoms with Crippen molar-refractivity contribution in [3.05, 3.63) is 52.3 Å². The molecule has 0 aliphatic rings. The predicted molar refractivity (Wildman–Crippen MR) is 76.8 cm³/mol. The van der Waals surface area contributed by atoms with Gasteiger partial charge in [0.2, 0.25) is 0 Å². The molecule has 0 N–H and O–H groups in total. The number of rotatable bonds is 4. The summed E-state index contributed by atoms with van der Waals surface area (Å²) in [5, 5.41) is 11.2. The maximum atomic E-state index is 11.2. The molecule has 0 amide bonds. The van der Waals surface area contributed by atoms with Gasteiger partial charge in [0.05, 0.1) is 17.1 Å². The lowest BCUT2D eigenvalue weighted by Gasteiger charge is -2.13. The smallest absolute Gasteiger partial charge is 0.276 e. The molecule has 5 nitrogen and oxygen atoms in total. The van der Waals surface area contributed by atoms with E-state index in [0.29, 0.717) is 11.3 Å². The van der Waals surface area contributed by atoms with Crippen molar-refractivity contribution in [3.63, 3.8) is 0 Å². The molecular formula is C15H16N2O3. The zero-order valence-corrected chi connectivity index (χ0v) is 11.7. The van der Waals surface area contributed by atoms with Crippen LogP contribution in [0.25, 0.3) is 11.1 Å². The second-order valence-electron chi connectivity index (χ2n) is 4.77. The molecule has 1 heterocycles. The summed E-state index contributed by atoms with van der Waals surface area (Å²) in [6.45, 7) is 5.52. The van der Waals surface area contributed by atoms with Gasteiger partial charge in [-0.1, -0.05) is 0 Å². The van der Waals surface area contributed by atoms with Gasteiger partial charge in [-0.2, -0.15) is 0 Å². The van der Waals surface area contributed by atoms with E-state index >= 15 is 0 Å². The molecule has 0 radical (unpaired) electrons. The number of nitro benzene ring substituents is 1. The summed E-state index contributed by atoms with van der Waals surface area (Å²) in [5.41, 5.74) is 2.36. The molecule has 0 atom stereocenters.